The number of rotatable bonds is 6. The van der Waals surface area contributed by atoms with Gasteiger partial charge in [0, 0.05) is 40.8 Å². The van der Waals surface area contributed by atoms with E-state index in [1.807, 2.05) is 30.7 Å². The van der Waals surface area contributed by atoms with Crippen molar-refractivity contribution >= 4 is 27.6 Å². The fraction of sp³-hybridized carbons (Fsp3) is 0.286. The third-order valence-electron chi connectivity index (χ3n) is 4.62. The predicted molar refractivity (Wildman–Crippen MR) is 111 cm³/mol. The molecule has 0 saturated heterocycles. The van der Waals surface area contributed by atoms with E-state index < -0.39 is 0 Å². The van der Waals surface area contributed by atoms with Crippen molar-refractivity contribution in [3.05, 3.63) is 49.1 Å². The largest absolute Gasteiger partial charge is 0.384 e. The molecule has 27 heavy (non-hydrogen) atoms. The zero-order chi connectivity index (χ0) is 18.9. The Bertz CT molecular complexity index is 1060. The SMILES string of the molecule is CC(C)(N)CCCNc1cnc2[nH]c3cnc(-c4cccnc4)cc3c2c1. The molecule has 0 saturated carbocycles. The highest BCUT2D eigenvalue weighted by Crippen LogP contribution is 2.29. The highest BCUT2D eigenvalue weighted by molar-refractivity contribution is 6.07. The van der Waals surface area contributed by atoms with Gasteiger partial charge in [0.2, 0.25) is 0 Å². The number of fused-ring (bicyclic) bond motifs is 3. The van der Waals surface area contributed by atoms with E-state index in [-0.39, 0.29) is 5.54 Å². The van der Waals surface area contributed by atoms with Crippen molar-refractivity contribution in [2.75, 3.05) is 11.9 Å². The molecule has 4 aromatic rings. The van der Waals surface area contributed by atoms with Crippen LogP contribution in [0.4, 0.5) is 5.69 Å². The van der Waals surface area contributed by atoms with Crippen molar-refractivity contribution in [2.45, 2.75) is 32.2 Å². The summed E-state index contributed by atoms with van der Waals surface area (Å²) in [5.41, 5.74) is 10.7. The molecule has 0 aliphatic carbocycles. The fourth-order valence-corrected chi connectivity index (χ4v) is 3.22. The number of nitrogens with one attached hydrogen (secondary N) is 2. The third-order valence-corrected chi connectivity index (χ3v) is 4.62. The van der Waals surface area contributed by atoms with Crippen LogP contribution >= 0.6 is 0 Å². The van der Waals surface area contributed by atoms with E-state index in [0.29, 0.717) is 0 Å². The fourth-order valence-electron chi connectivity index (χ4n) is 3.22. The van der Waals surface area contributed by atoms with Crippen LogP contribution in [0.2, 0.25) is 0 Å². The molecule has 0 bridgehead atoms. The second kappa shape index (κ2) is 6.96. The van der Waals surface area contributed by atoms with E-state index in [1.54, 1.807) is 6.20 Å². The van der Waals surface area contributed by atoms with Gasteiger partial charge in [-0.15, -0.1) is 0 Å². The summed E-state index contributed by atoms with van der Waals surface area (Å²) in [4.78, 5) is 16.6. The zero-order valence-corrected chi connectivity index (χ0v) is 15.7. The normalized spacial score (nSPS) is 12.0. The summed E-state index contributed by atoms with van der Waals surface area (Å²) < 4.78 is 0. The van der Waals surface area contributed by atoms with Crippen molar-refractivity contribution in [1.29, 1.82) is 0 Å². The number of anilines is 1. The van der Waals surface area contributed by atoms with Gasteiger partial charge >= 0.3 is 0 Å². The Morgan fingerprint density at radius 2 is 2.00 bits per heavy atom. The molecule has 4 N–H and O–H groups in total. The van der Waals surface area contributed by atoms with Crippen LogP contribution in [0, 0.1) is 0 Å². The van der Waals surface area contributed by atoms with Crippen LogP contribution < -0.4 is 11.1 Å². The van der Waals surface area contributed by atoms with Crippen LogP contribution in [-0.2, 0) is 0 Å². The summed E-state index contributed by atoms with van der Waals surface area (Å²) in [6.45, 7) is 4.99. The van der Waals surface area contributed by atoms with Gasteiger partial charge in [0.1, 0.15) is 5.65 Å². The van der Waals surface area contributed by atoms with Crippen molar-refractivity contribution in [3.63, 3.8) is 0 Å². The lowest BCUT2D eigenvalue weighted by atomic mass is 10.0. The van der Waals surface area contributed by atoms with Gasteiger partial charge < -0.3 is 16.0 Å². The van der Waals surface area contributed by atoms with E-state index in [2.05, 4.69) is 51.2 Å². The first-order valence-electron chi connectivity index (χ1n) is 9.20. The van der Waals surface area contributed by atoms with Crippen LogP contribution in [-0.4, -0.2) is 32.0 Å². The molecular weight excluding hydrogens is 336 g/mol. The monoisotopic (exact) mass is 360 g/mol. The van der Waals surface area contributed by atoms with Gasteiger partial charge in [0.05, 0.1) is 29.3 Å². The van der Waals surface area contributed by atoms with Crippen LogP contribution in [0.5, 0.6) is 0 Å². The second-order valence-corrected chi connectivity index (χ2v) is 7.62. The summed E-state index contributed by atoms with van der Waals surface area (Å²) in [6.07, 6.45) is 9.30. The van der Waals surface area contributed by atoms with Gasteiger partial charge in [0.25, 0.3) is 0 Å². The summed E-state index contributed by atoms with van der Waals surface area (Å²) in [5.74, 6) is 0. The van der Waals surface area contributed by atoms with Crippen molar-refractivity contribution in [2.24, 2.45) is 5.73 Å². The number of hydrogen-bond acceptors (Lipinski definition) is 5. The molecule has 4 aromatic heterocycles. The first kappa shape index (κ1) is 17.4. The molecule has 0 fully saturated rings. The Labute approximate surface area is 158 Å². The lowest BCUT2D eigenvalue weighted by Gasteiger charge is -2.18. The third kappa shape index (κ3) is 3.90. The molecule has 0 aliphatic heterocycles. The first-order valence-corrected chi connectivity index (χ1v) is 9.20. The van der Waals surface area contributed by atoms with Gasteiger partial charge in [-0.2, -0.15) is 0 Å². The van der Waals surface area contributed by atoms with E-state index in [0.717, 1.165) is 58.3 Å². The highest BCUT2D eigenvalue weighted by atomic mass is 14.9. The van der Waals surface area contributed by atoms with Gasteiger partial charge in [-0.05, 0) is 51.0 Å². The minimum Gasteiger partial charge on any atom is -0.384 e. The summed E-state index contributed by atoms with van der Waals surface area (Å²) in [7, 11) is 0. The number of nitrogens with zero attached hydrogens (tertiary/aromatic N) is 3. The first-order chi connectivity index (χ1) is 13.0. The summed E-state index contributed by atoms with van der Waals surface area (Å²) in [5, 5.41) is 5.65. The Kier molecular flexibility index (Phi) is 4.49. The van der Waals surface area contributed by atoms with Gasteiger partial charge in [-0.25, -0.2) is 4.98 Å². The average molecular weight is 360 g/mol. The Balaban J connectivity index is 1.62. The molecule has 0 aromatic carbocycles. The van der Waals surface area contributed by atoms with Crippen molar-refractivity contribution < 1.29 is 0 Å². The number of pyridine rings is 3. The topological polar surface area (TPSA) is 92.5 Å². The molecule has 138 valence electrons. The molecule has 6 heteroatoms. The van der Waals surface area contributed by atoms with Crippen LogP contribution in [0.1, 0.15) is 26.7 Å². The number of aromatic nitrogens is 4. The molecular formula is C21H24N6. The predicted octanol–water partition coefficient (Wildman–Crippen LogP) is 4.10. The van der Waals surface area contributed by atoms with E-state index in [4.69, 9.17) is 5.73 Å². The Morgan fingerprint density at radius 3 is 2.78 bits per heavy atom. The molecule has 0 aliphatic rings. The molecule has 0 unspecified atom stereocenters. The molecule has 0 amide bonds. The van der Waals surface area contributed by atoms with Crippen molar-refractivity contribution in [1.82, 2.24) is 19.9 Å². The number of aromatic amines is 1. The molecule has 0 atom stereocenters. The number of nitrogens with two attached hydrogens (primary N) is 1. The maximum atomic E-state index is 6.05. The molecule has 4 rings (SSSR count). The molecule has 4 heterocycles. The van der Waals surface area contributed by atoms with Gasteiger partial charge in [0.15, 0.2) is 0 Å². The minimum atomic E-state index is -0.129. The summed E-state index contributed by atoms with van der Waals surface area (Å²) >= 11 is 0. The average Bonchev–Trinajstić information content (AvgIpc) is 3.02. The minimum absolute atomic E-state index is 0.129. The highest BCUT2D eigenvalue weighted by Gasteiger charge is 2.11. The second-order valence-electron chi connectivity index (χ2n) is 7.62. The Hall–Kier alpha value is -2.99. The quantitative estimate of drug-likeness (QED) is 0.450. The van der Waals surface area contributed by atoms with Crippen molar-refractivity contribution in [3.8, 4) is 11.3 Å². The number of hydrogen-bond donors (Lipinski definition) is 3. The Morgan fingerprint density at radius 1 is 1.11 bits per heavy atom. The van der Waals surface area contributed by atoms with Crippen LogP contribution in [0.25, 0.3) is 33.2 Å². The molecule has 0 radical (unpaired) electrons. The maximum Gasteiger partial charge on any atom is 0.138 e. The van der Waals surface area contributed by atoms with E-state index in [1.165, 1.54) is 0 Å². The standard InChI is InChI=1S/C21H24N6/c1-21(2,22)6-4-8-24-15-9-17-16-10-18(14-5-3-7-23-11-14)25-13-19(16)27-20(17)26-12-15/h3,5,7,9-13,24H,4,6,8,22H2,1-2H3,(H,26,27). The van der Waals surface area contributed by atoms with E-state index >= 15 is 0 Å². The summed E-state index contributed by atoms with van der Waals surface area (Å²) in [6, 6.07) is 8.16. The van der Waals surface area contributed by atoms with Crippen LogP contribution in [0.3, 0.4) is 0 Å². The molecule has 0 spiro atoms. The maximum absolute atomic E-state index is 6.05. The van der Waals surface area contributed by atoms with Gasteiger partial charge in [-0.1, -0.05) is 0 Å². The lowest BCUT2D eigenvalue weighted by Crippen LogP contribution is -2.32. The van der Waals surface area contributed by atoms with Crippen LogP contribution in [0.15, 0.2) is 49.1 Å². The molecule has 6 nitrogen and oxygen atoms in total. The lowest BCUT2D eigenvalue weighted by molar-refractivity contribution is 0.465. The number of H-pyrrole nitrogens is 1. The zero-order valence-electron chi connectivity index (χ0n) is 15.7. The smallest absolute Gasteiger partial charge is 0.138 e. The van der Waals surface area contributed by atoms with E-state index in [9.17, 15) is 0 Å². The van der Waals surface area contributed by atoms with Gasteiger partial charge in [-0.3, -0.25) is 9.97 Å².